The molecule has 2 heteroatoms. The summed E-state index contributed by atoms with van der Waals surface area (Å²) >= 11 is 0. The maximum Gasteiger partial charge on any atom is 0.0547 e. The summed E-state index contributed by atoms with van der Waals surface area (Å²) in [6.45, 7) is 9.00. The standard InChI is InChI=1S/C66H58N2/c1-37-12-20-56-50(26-37)51-27-38(2)13-21-57(51)67(56)46-18-16-43-17-19-48-61-55(66(63(48)49(43)35-46)44-31-41-30-42(33-44)34-45(66)32-41)36-60(62-47-10-6-7-11-54(47)65(64(61)62)24-8-5-9-25-65)68-58-22-14-39(3)28-52(58)53-29-40(4)15-23-59(53)68/h6-7,10-23,26-29,35-36,41-42,44-45H,5,8-9,24-25,30-34H2,1-4H3. The first-order valence-corrected chi connectivity index (χ1v) is 26.2. The van der Waals surface area contributed by atoms with E-state index in [0.29, 0.717) is 11.8 Å². The molecule has 0 N–H and O–H groups in total. The average molecular weight is 879 g/mol. The molecule has 0 unspecified atom stereocenters. The molecule has 7 aliphatic carbocycles. The maximum atomic E-state index is 2.85. The number of hydrogen-bond donors (Lipinski definition) is 0. The van der Waals surface area contributed by atoms with Gasteiger partial charge in [-0.1, -0.05) is 108 Å². The highest BCUT2D eigenvalue weighted by Gasteiger charge is 2.64. The molecule has 0 saturated heterocycles. The van der Waals surface area contributed by atoms with Crippen molar-refractivity contribution in [1.82, 2.24) is 9.13 Å². The van der Waals surface area contributed by atoms with Gasteiger partial charge in [0.1, 0.15) is 0 Å². The molecule has 2 spiro atoms. The molecule has 0 radical (unpaired) electrons. The minimum atomic E-state index is -0.0500. The van der Waals surface area contributed by atoms with E-state index in [1.165, 1.54) is 163 Å². The zero-order valence-corrected chi connectivity index (χ0v) is 40.0. The van der Waals surface area contributed by atoms with E-state index < -0.39 is 0 Å². The molecule has 2 aromatic heterocycles. The van der Waals surface area contributed by atoms with E-state index in [1.807, 2.05) is 0 Å². The van der Waals surface area contributed by atoms with Gasteiger partial charge in [-0.15, -0.1) is 0 Å². The van der Waals surface area contributed by atoms with Crippen LogP contribution < -0.4 is 0 Å². The maximum absolute atomic E-state index is 2.85. The fraction of sp³-hybridized carbons (Fsp3) is 0.303. The lowest BCUT2D eigenvalue weighted by molar-refractivity contribution is -0.0393. The Bertz CT molecular complexity index is 3750. The van der Waals surface area contributed by atoms with Gasteiger partial charge in [0.25, 0.3) is 0 Å². The minimum Gasteiger partial charge on any atom is -0.309 e. The van der Waals surface area contributed by atoms with E-state index in [9.17, 15) is 0 Å². The Morgan fingerprint density at radius 2 is 0.971 bits per heavy atom. The smallest absolute Gasteiger partial charge is 0.0547 e. The molecule has 332 valence electrons. The van der Waals surface area contributed by atoms with E-state index in [2.05, 4.69) is 170 Å². The van der Waals surface area contributed by atoms with Crippen LogP contribution in [0.15, 0.2) is 133 Å². The highest BCUT2D eigenvalue weighted by atomic mass is 15.0. The van der Waals surface area contributed by atoms with E-state index in [4.69, 9.17) is 0 Å². The summed E-state index contributed by atoms with van der Waals surface area (Å²) in [6.07, 6.45) is 13.2. The van der Waals surface area contributed by atoms with Gasteiger partial charge >= 0.3 is 0 Å². The van der Waals surface area contributed by atoms with Crippen molar-refractivity contribution in [2.45, 2.75) is 103 Å². The fourth-order valence-electron chi connectivity index (χ4n) is 17.2. The lowest BCUT2D eigenvalue weighted by Crippen LogP contribution is -2.55. The molecule has 2 nitrogen and oxygen atoms in total. The largest absolute Gasteiger partial charge is 0.309 e. The van der Waals surface area contributed by atoms with Crippen LogP contribution in [0.3, 0.4) is 0 Å². The molecular formula is C66H58N2. The minimum absolute atomic E-state index is 0.0129. The Kier molecular flexibility index (Phi) is 7.50. The van der Waals surface area contributed by atoms with Crippen molar-refractivity contribution < 1.29 is 0 Å². The summed E-state index contributed by atoms with van der Waals surface area (Å²) < 4.78 is 5.33. The van der Waals surface area contributed by atoms with Crippen molar-refractivity contribution in [1.29, 1.82) is 0 Å². The molecule has 5 fully saturated rings. The van der Waals surface area contributed by atoms with Crippen LogP contribution in [0, 0.1) is 51.4 Å². The predicted molar refractivity (Wildman–Crippen MR) is 284 cm³/mol. The van der Waals surface area contributed by atoms with Gasteiger partial charge in [0.05, 0.1) is 27.8 Å². The van der Waals surface area contributed by atoms with Gasteiger partial charge in [-0.3, -0.25) is 0 Å². The molecule has 0 amide bonds. The molecule has 68 heavy (non-hydrogen) atoms. The van der Waals surface area contributed by atoms with Crippen LogP contribution in [-0.4, -0.2) is 9.13 Å². The van der Waals surface area contributed by atoms with Crippen LogP contribution in [0.4, 0.5) is 0 Å². The van der Waals surface area contributed by atoms with Crippen molar-refractivity contribution in [3.8, 4) is 33.6 Å². The van der Waals surface area contributed by atoms with Crippen LogP contribution in [-0.2, 0) is 10.8 Å². The van der Waals surface area contributed by atoms with Gasteiger partial charge < -0.3 is 9.13 Å². The summed E-state index contributed by atoms with van der Waals surface area (Å²) in [7, 11) is 0. The second kappa shape index (κ2) is 13.2. The summed E-state index contributed by atoms with van der Waals surface area (Å²) in [5.41, 5.74) is 26.0. The number of hydrogen-bond acceptors (Lipinski definition) is 0. The second-order valence-electron chi connectivity index (χ2n) is 23.1. The highest BCUT2D eigenvalue weighted by Crippen LogP contribution is 2.73. The van der Waals surface area contributed by atoms with Crippen LogP contribution in [0.2, 0.25) is 0 Å². The highest BCUT2D eigenvalue weighted by molar-refractivity contribution is 6.13. The lowest BCUT2D eigenvalue weighted by atomic mass is 9.43. The first kappa shape index (κ1) is 38.6. The van der Waals surface area contributed by atoms with Gasteiger partial charge in [0, 0.05) is 43.6 Å². The monoisotopic (exact) mass is 878 g/mol. The Balaban J connectivity index is 1.07. The number of rotatable bonds is 2. The van der Waals surface area contributed by atoms with Crippen molar-refractivity contribution in [2.24, 2.45) is 23.7 Å². The lowest BCUT2D eigenvalue weighted by Gasteiger charge is -2.61. The van der Waals surface area contributed by atoms with E-state index in [1.54, 1.807) is 33.4 Å². The number of nitrogens with zero attached hydrogens (tertiary/aromatic N) is 2. The number of aromatic nitrogens is 2. The van der Waals surface area contributed by atoms with Crippen LogP contribution in [0.1, 0.15) is 109 Å². The van der Waals surface area contributed by atoms with Crippen molar-refractivity contribution >= 4 is 54.4 Å². The first-order valence-electron chi connectivity index (χ1n) is 26.2. The predicted octanol–water partition coefficient (Wildman–Crippen LogP) is 17.2. The van der Waals surface area contributed by atoms with Crippen LogP contribution in [0.25, 0.3) is 88.0 Å². The Morgan fingerprint density at radius 3 is 1.56 bits per heavy atom. The molecule has 17 rings (SSSR count). The van der Waals surface area contributed by atoms with Gasteiger partial charge in [0.15, 0.2) is 0 Å². The molecule has 5 saturated carbocycles. The van der Waals surface area contributed by atoms with Gasteiger partial charge in [-0.05, 0) is 213 Å². The SMILES string of the molecule is Cc1ccc2c(c1)c1cc(C)ccc1n2-c1ccc2ccc3c(c2c1)C1(c2cc(-n4c5ccc(C)cc5c5cc(C)ccc54)c4c(c2-3)C2(CCCCC2)c2ccccc2-4)C2CC3CC(C2)CC1C3. The van der Waals surface area contributed by atoms with E-state index in [0.717, 1.165) is 11.8 Å². The van der Waals surface area contributed by atoms with Crippen molar-refractivity contribution in [2.75, 3.05) is 0 Å². The molecule has 8 aromatic carbocycles. The number of aryl methyl sites for hydroxylation is 4. The summed E-state index contributed by atoms with van der Waals surface area (Å²) in [5.74, 6) is 2.98. The third-order valence-corrected chi connectivity index (χ3v) is 19.4. The topological polar surface area (TPSA) is 9.86 Å². The van der Waals surface area contributed by atoms with E-state index in [-0.39, 0.29) is 10.8 Å². The quantitative estimate of drug-likeness (QED) is 0.164. The summed E-state index contributed by atoms with van der Waals surface area (Å²) in [5, 5.41) is 8.33. The second-order valence-corrected chi connectivity index (χ2v) is 23.1. The molecule has 0 aliphatic heterocycles. The molecule has 0 atom stereocenters. The number of fused-ring (bicyclic) bond motifs is 17. The average Bonchev–Trinajstić information content (AvgIpc) is 4.02. The van der Waals surface area contributed by atoms with Crippen molar-refractivity contribution in [3.63, 3.8) is 0 Å². The molecular weight excluding hydrogens is 821 g/mol. The first-order chi connectivity index (χ1) is 33.3. The third kappa shape index (κ3) is 4.71. The Hall–Kier alpha value is -6.38. The molecule has 10 aromatic rings. The van der Waals surface area contributed by atoms with E-state index >= 15 is 0 Å². The Morgan fingerprint density at radius 1 is 0.426 bits per heavy atom. The zero-order chi connectivity index (χ0) is 44.9. The molecule has 4 bridgehead atoms. The van der Waals surface area contributed by atoms with Crippen LogP contribution >= 0.6 is 0 Å². The van der Waals surface area contributed by atoms with Crippen molar-refractivity contribution in [3.05, 3.63) is 178 Å². The van der Waals surface area contributed by atoms with Gasteiger partial charge in [-0.2, -0.15) is 0 Å². The van der Waals surface area contributed by atoms with Crippen LogP contribution in [0.5, 0.6) is 0 Å². The summed E-state index contributed by atoms with van der Waals surface area (Å²) in [4.78, 5) is 0. The normalized spacial score (nSPS) is 23.8. The van der Waals surface area contributed by atoms with Gasteiger partial charge in [-0.25, -0.2) is 0 Å². The Labute approximate surface area is 399 Å². The fourth-order valence-corrected chi connectivity index (χ4v) is 17.2. The van der Waals surface area contributed by atoms with Gasteiger partial charge in [0.2, 0.25) is 0 Å². The summed E-state index contributed by atoms with van der Waals surface area (Å²) in [6, 6.07) is 54.0. The molecule has 2 heterocycles. The molecule has 7 aliphatic rings. The number of benzene rings is 8. The third-order valence-electron chi connectivity index (χ3n) is 19.4. The zero-order valence-electron chi connectivity index (χ0n) is 40.0.